The molecule has 0 aromatic heterocycles. The van der Waals surface area contributed by atoms with Crippen LogP contribution in [-0.2, 0) is 20.8 Å². The van der Waals surface area contributed by atoms with Gasteiger partial charge < -0.3 is 15.1 Å². The van der Waals surface area contributed by atoms with Crippen molar-refractivity contribution in [2.75, 3.05) is 28.2 Å². The van der Waals surface area contributed by atoms with Crippen molar-refractivity contribution in [2.24, 2.45) is 5.92 Å². The van der Waals surface area contributed by atoms with Gasteiger partial charge in [-0.3, -0.25) is 14.4 Å². The van der Waals surface area contributed by atoms with Crippen molar-refractivity contribution < 1.29 is 14.4 Å². The largest absolute Gasteiger partial charge is 0.325 e. The van der Waals surface area contributed by atoms with E-state index in [-0.39, 0.29) is 24.1 Å². The van der Waals surface area contributed by atoms with Crippen LogP contribution < -0.4 is 15.1 Å². The van der Waals surface area contributed by atoms with Gasteiger partial charge in [-0.2, -0.15) is 0 Å². The first-order valence-corrected chi connectivity index (χ1v) is 10.6. The van der Waals surface area contributed by atoms with Crippen molar-refractivity contribution in [3.8, 4) is 0 Å². The monoisotopic (exact) mass is 425 g/mol. The number of nitrogens with zero attached hydrogens (tertiary/aromatic N) is 2. The van der Waals surface area contributed by atoms with Gasteiger partial charge in [-0.15, -0.1) is 0 Å². The molecule has 6 nitrogen and oxygen atoms in total. The Balaban J connectivity index is 1.48. The van der Waals surface area contributed by atoms with Crippen molar-refractivity contribution in [3.63, 3.8) is 0 Å². The number of carbonyl (C=O) groups excluding carboxylic acids is 3. The summed E-state index contributed by atoms with van der Waals surface area (Å²) in [5, 5.41) is 3.49. The summed E-state index contributed by atoms with van der Waals surface area (Å²) in [6.07, 6.45) is 1.41. The summed E-state index contributed by atoms with van der Waals surface area (Å²) in [6, 6.07) is 11.1. The van der Waals surface area contributed by atoms with E-state index >= 15 is 0 Å². The topological polar surface area (TPSA) is 69.7 Å². The van der Waals surface area contributed by atoms with Gasteiger partial charge in [0.1, 0.15) is 0 Å². The first-order chi connectivity index (χ1) is 14.4. The second kappa shape index (κ2) is 8.11. The van der Waals surface area contributed by atoms with Crippen LogP contribution in [-0.4, -0.2) is 30.8 Å². The molecule has 0 radical (unpaired) electrons. The highest BCUT2D eigenvalue weighted by atomic mass is 35.5. The van der Waals surface area contributed by atoms with Crippen molar-refractivity contribution in [3.05, 3.63) is 52.5 Å². The highest BCUT2D eigenvalue weighted by molar-refractivity contribution is 6.31. The summed E-state index contributed by atoms with van der Waals surface area (Å²) in [5.41, 5.74) is 4.22. The second-order valence-corrected chi connectivity index (χ2v) is 8.18. The molecule has 0 saturated carbocycles. The third-order valence-corrected chi connectivity index (χ3v) is 6.30. The van der Waals surface area contributed by atoms with Gasteiger partial charge in [0.2, 0.25) is 17.7 Å². The second-order valence-electron chi connectivity index (χ2n) is 7.77. The molecule has 1 fully saturated rings. The Labute approximate surface area is 180 Å². The molecule has 156 valence electrons. The number of anilines is 3. The van der Waals surface area contributed by atoms with Gasteiger partial charge in [0.25, 0.3) is 0 Å². The Kier molecular flexibility index (Phi) is 5.52. The van der Waals surface area contributed by atoms with E-state index in [1.807, 2.05) is 32.0 Å². The molecule has 4 rings (SSSR count). The van der Waals surface area contributed by atoms with E-state index in [2.05, 4.69) is 5.32 Å². The number of halogens is 1. The fourth-order valence-corrected chi connectivity index (χ4v) is 4.29. The molecule has 7 heteroatoms. The molecule has 2 aromatic rings. The van der Waals surface area contributed by atoms with Crippen LogP contribution >= 0.6 is 11.6 Å². The molecular formula is C23H24ClN3O3. The fourth-order valence-electron chi connectivity index (χ4n) is 4.12. The van der Waals surface area contributed by atoms with Crippen LogP contribution in [0.4, 0.5) is 17.1 Å². The maximum absolute atomic E-state index is 12.8. The van der Waals surface area contributed by atoms with Crippen molar-refractivity contribution in [1.29, 1.82) is 0 Å². The molecule has 2 heterocycles. The van der Waals surface area contributed by atoms with Crippen LogP contribution in [0, 0.1) is 12.8 Å². The van der Waals surface area contributed by atoms with Crippen LogP contribution in [0.3, 0.4) is 0 Å². The summed E-state index contributed by atoms with van der Waals surface area (Å²) >= 11 is 6.13. The molecule has 1 atom stereocenters. The third-order valence-electron chi connectivity index (χ3n) is 5.90. The third kappa shape index (κ3) is 3.67. The first-order valence-electron chi connectivity index (χ1n) is 10.2. The molecule has 2 aliphatic heterocycles. The molecule has 30 heavy (non-hydrogen) atoms. The zero-order chi connectivity index (χ0) is 21.4. The molecule has 0 spiro atoms. The van der Waals surface area contributed by atoms with Crippen molar-refractivity contribution in [2.45, 2.75) is 33.1 Å². The molecule has 2 aliphatic rings. The molecule has 0 unspecified atom stereocenters. The lowest BCUT2D eigenvalue weighted by Gasteiger charge is -2.20. The van der Waals surface area contributed by atoms with Crippen molar-refractivity contribution in [1.82, 2.24) is 0 Å². The van der Waals surface area contributed by atoms with Crippen LogP contribution in [0.25, 0.3) is 0 Å². The predicted molar refractivity (Wildman–Crippen MR) is 118 cm³/mol. The average molecular weight is 426 g/mol. The number of benzene rings is 2. The lowest BCUT2D eigenvalue weighted by molar-refractivity contribution is -0.122. The first kappa shape index (κ1) is 20.4. The van der Waals surface area contributed by atoms with Crippen molar-refractivity contribution >= 4 is 46.4 Å². The van der Waals surface area contributed by atoms with Gasteiger partial charge in [-0.05, 0) is 54.8 Å². The summed E-state index contributed by atoms with van der Waals surface area (Å²) < 4.78 is 0. The maximum Gasteiger partial charge on any atom is 0.229 e. The molecule has 3 amide bonds. The number of nitrogens with one attached hydrogen (secondary N) is 1. The fraction of sp³-hybridized carbons (Fsp3) is 0.348. The zero-order valence-electron chi connectivity index (χ0n) is 17.1. The predicted octanol–water partition coefficient (Wildman–Crippen LogP) is 3.94. The quantitative estimate of drug-likeness (QED) is 0.806. The molecule has 0 bridgehead atoms. The van der Waals surface area contributed by atoms with Crippen LogP contribution in [0.5, 0.6) is 0 Å². The van der Waals surface area contributed by atoms with E-state index in [9.17, 15) is 14.4 Å². The van der Waals surface area contributed by atoms with E-state index in [0.717, 1.165) is 28.9 Å². The summed E-state index contributed by atoms with van der Waals surface area (Å²) in [4.78, 5) is 41.0. The van der Waals surface area contributed by atoms with Gasteiger partial charge in [0, 0.05) is 48.0 Å². The van der Waals surface area contributed by atoms with E-state index in [4.69, 9.17) is 11.6 Å². The normalized spacial score (nSPS) is 18.0. The zero-order valence-corrected chi connectivity index (χ0v) is 17.8. The van der Waals surface area contributed by atoms with Gasteiger partial charge in [-0.1, -0.05) is 24.6 Å². The van der Waals surface area contributed by atoms with Gasteiger partial charge in [0.05, 0.1) is 5.92 Å². The number of hydrogen-bond acceptors (Lipinski definition) is 3. The molecule has 2 aromatic carbocycles. The Morgan fingerprint density at radius 1 is 1.23 bits per heavy atom. The smallest absolute Gasteiger partial charge is 0.229 e. The Morgan fingerprint density at radius 3 is 2.80 bits per heavy atom. The van der Waals surface area contributed by atoms with E-state index < -0.39 is 5.92 Å². The van der Waals surface area contributed by atoms with Gasteiger partial charge in [0.15, 0.2) is 0 Å². The SMILES string of the molecule is CCC(=O)N1CCc2cc(N3C[C@@H](C(=O)Nc4cccc(Cl)c4C)CC3=O)ccc21. The lowest BCUT2D eigenvalue weighted by Crippen LogP contribution is -2.28. The Bertz CT molecular complexity index is 1040. The number of carbonyl (C=O) groups is 3. The highest BCUT2D eigenvalue weighted by Crippen LogP contribution is 2.34. The molecular weight excluding hydrogens is 402 g/mol. The van der Waals surface area contributed by atoms with E-state index in [1.54, 1.807) is 28.0 Å². The minimum atomic E-state index is -0.428. The molecule has 1 N–H and O–H groups in total. The summed E-state index contributed by atoms with van der Waals surface area (Å²) in [5.74, 6) is -0.580. The Hall–Kier alpha value is -2.86. The van der Waals surface area contributed by atoms with Crippen LogP contribution in [0.15, 0.2) is 36.4 Å². The number of amides is 3. The van der Waals surface area contributed by atoms with Crippen LogP contribution in [0.1, 0.15) is 30.9 Å². The van der Waals surface area contributed by atoms with Gasteiger partial charge in [-0.25, -0.2) is 0 Å². The van der Waals surface area contributed by atoms with E-state index in [1.165, 1.54) is 0 Å². The maximum atomic E-state index is 12.8. The molecule has 1 saturated heterocycles. The lowest BCUT2D eigenvalue weighted by atomic mass is 10.1. The average Bonchev–Trinajstić information content (AvgIpc) is 3.34. The molecule has 0 aliphatic carbocycles. The number of hydrogen-bond donors (Lipinski definition) is 1. The summed E-state index contributed by atoms with van der Waals surface area (Å²) in [7, 11) is 0. The standard InChI is InChI=1S/C23H24ClN3O3/c1-3-21(28)26-10-9-15-11-17(7-8-20(15)26)27-13-16(12-22(27)29)23(30)25-19-6-4-5-18(24)14(19)2/h4-8,11,16H,3,9-10,12-13H2,1-2H3,(H,25,30)/t16-/m0/s1. The Morgan fingerprint density at radius 2 is 2.03 bits per heavy atom. The number of fused-ring (bicyclic) bond motifs is 1. The van der Waals surface area contributed by atoms with Gasteiger partial charge >= 0.3 is 0 Å². The minimum Gasteiger partial charge on any atom is -0.325 e. The minimum absolute atomic E-state index is 0.0718. The highest BCUT2D eigenvalue weighted by Gasteiger charge is 2.36. The number of rotatable bonds is 4. The summed E-state index contributed by atoms with van der Waals surface area (Å²) in [6.45, 7) is 4.71. The van der Waals surface area contributed by atoms with Crippen LogP contribution in [0.2, 0.25) is 5.02 Å². The van der Waals surface area contributed by atoms with E-state index in [0.29, 0.717) is 30.2 Å².